The van der Waals surface area contributed by atoms with Crippen molar-refractivity contribution < 1.29 is 4.74 Å². The molecule has 90 valence electrons. The standard InChI is InChI=1S/C13H17N3O/c1-2-11(12-4-3-7-17-12)16-13-6-5-10(8-14)9-15-13/h5-6,9,11-12H,2-4,7H2,1H3,(H,15,16). The summed E-state index contributed by atoms with van der Waals surface area (Å²) < 4.78 is 5.68. The van der Waals surface area contributed by atoms with E-state index in [1.54, 1.807) is 12.3 Å². The van der Waals surface area contributed by atoms with Gasteiger partial charge in [-0.15, -0.1) is 0 Å². The Labute approximate surface area is 102 Å². The quantitative estimate of drug-likeness (QED) is 0.864. The molecule has 0 saturated carbocycles. The van der Waals surface area contributed by atoms with Gasteiger partial charge >= 0.3 is 0 Å². The Morgan fingerprint density at radius 2 is 2.53 bits per heavy atom. The molecule has 1 saturated heterocycles. The largest absolute Gasteiger partial charge is 0.376 e. The number of nitriles is 1. The molecule has 1 fully saturated rings. The summed E-state index contributed by atoms with van der Waals surface area (Å²) >= 11 is 0. The van der Waals surface area contributed by atoms with E-state index in [9.17, 15) is 0 Å². The zero-order chi connectivity index (χ0) is 12.1. The van der Waals surface area contributed by atoms with Crippen LogP contribution in [0.2, 0.25) is 0 Å². The summed E-state index contributed by atoms with van der Waals surface area (Å²) in [5, 5.41) is 12.1. The molecular formula is C13H17N3O. The molecule has 1 aromatic heterocycles. The van der Waals surface area contributed by atoms with Crippen molar-refractivity contribution in [2.75, 3.05) is 11.9 Å². The second-order valence-electron chi connectivity index (χ2n) is 4.25. The Kier molecular flexibility index (Phi) is 3.94. The molecule has 2 unspecified atom stereocenters. The fourth-order valence-electron chi connectivity index (χ4n) is 2.11. The Morgan fingerprint density at radius 3 is 3.06 bits per heavy atom. The topological polar surface area (TPSA) is 57.9 Å². The monoisotopic (exact) mass is 231 g/mol. The number of rotatable bonds is 4. The van der Waals surface area contributed by atoms with Crippen LogP contribution in [-0.4, -0.2) is 23.7 Å². The number of nitrogens with zero attached hydrogens (tertiary/aromatic N) is 2. The van der Waals surface area contributed by atoms with Gasteiger partial charge in [0.25, 0.3) is 0 Å². The van der Waals surface area contributed by atoms with Gasteiger partial charge in [0.15, 0.2) is 0 Å². The Bertz CT molecular complexity index is 390. The number of aromatic nitrogens is 1. The average Bonchev–Trinajstić information content (AvgIpc) is 2.90. The van der Waals surface area contributed by atoms with E-state index in [0.29, 0.717) is 11.6 Å². The number of pyridine rings is 1. The van der Waals surface area contributed by atoms with Crippen LogP contribution < -0.4 is 5.32 Å². The number of ether oxygens (including phenoxy) is 1. The lowest BCUT2D eigenvalue weighted by Gasteiger charge is -2.23. The van der Waals surface area contributed by atoms with Crippen molar-refractivity contribution in [2.24, 2.45) is 0 Å². The minimum atomic E-state index is 0.289. The van der Waals surface area contributed by atoms with Crippen molar-refractivity contribution in [3.05, 3.63) is 23.9 Å². The molecule has 2 rings (SSSR count). The number of anilines is 1. The highest BCUT2D eigenvalue weighted by Crippen LogP contribution is 2.20. The lowest BCUT2D eigenvalue weighted by Crippen LogP contribution is -2.32. The van der Waals surface area contributed by atoms with Gasteiger partial charge in [0, 0.05) is 12.8 Å². The molecule has 2 heterocycles. The first-order chi connectivity index (χ1) is 8.33. The van der Waals surface area contributed by atoms with Crippen LogP contribution in [0.5, 0.6) is 0 Å². The molecule has 1 aromatic rings. The summed E-state index contributed by atoms with van der Waals surface area (Å²) in [4.78, 5) is 4.22. The van der Waals surface area contributed by atoms with E-state index in [1.807, 2.05) is 6.07 Å². The zero-order valence-electron chi connectivity index (χ0n) is 10.0. The molecule has 1 N–H and O–H groups in total. The lowest BCUT2D eigenvalue weighted by atomic mass is 10.1. The molecule has 0 aliphatic carbocycles. The second kappa shape index (κ2) is 5.65. The van der Waals surface area contributed by atoms with Crippen molar-refractivity contribution in [3.8, 4) is 6.07 Å². The summed E-state index contributed by atoms with van der Waals surface area (Å²) in [7, 11) is 0. The molecule has 0 radical (unpaired) electrons. The second-order valence-corrected chi connectivity index (χ2v) is 4.25. The summed E-state index contributed by atoms with van der Waals surface area (Å²) in [6, 6.07) is 5.98. The molecule has 0 aromatic carbocycles. The van der Waals surface area contributed by atoms with Crippen molar-refractivity contribution in [3.63, 3.8) is 0 Å². The summed E-state index contributed by atoms with van der Waals surface area (Å²) in [5.74, 6) is 0.811. The van der Waals surface area contributed by atoms with Gasteiger partial charge in [-0.2, -0.15) is 5.26 Å². The van der Waals surface area contributed by atoms with Gasteiger partial charge in [-0.25, -0.2) is 4.98 Å². The molecular weight excluding hydrogens is 214 g/mol. The van der Waals surface area contributed by atoms with E-state index in [4.69, 9.17) is 10.00 Å². The highest BCUT2D eigenvalue weighted by Gasteiger charge is 2.24. The maximum Gasteiger partial charge on any atom is 0.126 e. The summed E-state index contributed by atoms with van der Waals surface area (Å²) in [6.45, 7) is 3.01. The van der Waals surface area contributed by atoms with Crippen LogP contribution >= 0.6 is 0 Å². The third kappa shape index (κ3) is 2.95. The van der Waals surface area contributed by atoms with Gasteiger partial charge in [-0.1, -0.05) is 6.92 Å². The third-order valence-corrected chi connectivity index (χ3v) is 3.08. The molecule has 17 heavy (non-hydrogen) atoms. The van der Waals surface area contributed by atoms with Crippen LogP contribution in [0.3, 0.4) is 0 Å². The highest BCUT2D eigenvalue weighted by molar-refractivity contribution is 5.40. The van der Waals surface area contributed by atoms with Gasteiger partial charge in [0.2, 0.25) is 0 Å². The SMILES string of the molecule is CCC(Nc1ccc(C#N)cn1)C1CCCO1. The van der Waals surface area contributed by atoms with Gasteiger partial charge in [0.1, 0.15) is 11.9 Å². The van der Waals surface area contributed by atoms with Crippen molar-refractivity contribution in [1.82, 2.24) is 4.98 Å². The Hall–Kier alpha value is -1.60. The lowest BCUT2D eigenvalue weighted by molar-refractivity contribution is 0.0942. The van der Waals surface area contributed by atoms with Gasteiger partial charge in [-0.05, 0) is 31.4 Å². The average molecular weight is 231 g/mol. The minimum absolute atomic E-state index is 0.289. The number of hydrogen-bond acceptors (Lipinski definition) is 4. The molecule has 0 amide bonds. The van der Waals surface area contributed by atoms with Crippen LogP contribution in [0, 0.1) is 11.3 Å². The predicted molar refractivity (Wildman–Crippen MR) is 65.6 cm³/mol. The normalized spacial score (nSPS) is 20.8. The molecule has 1 aliphatic heterocycles. The van der Waals surface area contributed by atoms with Gasteiger partial charge < -0.3 is 10.1 Å². The van der Waals surface area contributed by atoms with Crippen LogP contribution in [0.4, 0.5) is 5.82 Å². The smallest absolute Gasteiger partial charge is 0.126 e. The fraction of sp³-hybridized carbons (Fsp3) is 0.538. The van der Waals surface area contributed by atoms with Gasteiger partial charge in [-0.3, -0.25) is 0 Å². The first-order valence-electron chi connectivity index (χ1n) is 6.07. The number of nitrogens with one attached hydrogen (secondary N) is 1. The molecule has 0 bridgehead atoms. The highest BCUT2D eigenvalue weighted by atomic mass is 16.5. The molecule has 0 spiro atoms. The van der Waals surface area contributed by atoms with E-state index >= 15 is 0 Å². The molecule has 4 nitrogen and oxygen atoms in total. The number of hydrogen-bond donors (Lipinski definition) is 1. The third-order valence-electron chi connectivity index (χ3n) is 3.08. The van der Waals surface area contributed by atoms with E-state index < -0.39 is 0 Å². The van der Waals surface area contributed by atoms with Crippen LogP contribution in [0.1, 0.15) is 31.7 Å². The minimum Gasteiger partial charge on any atom is -0.376 e. The Balaban J connectivity index is 1.99. The van der Waals surface area contributed by atoms with Gasteiger partial charge in [0.05, 0.1) is 17.7 Å². The van der Waals surface area contributed by atoms with Crippen molar-refractivity contribution >= 4 is 5.82 Å². The van der Waals surface area contributed by atoms with Crippen molar-refractivity contribution in [2.45, 2.75) is 38.3 Å². The predicted octanol–water partition coefficient (Wildman–Crippen LogP) is 2.32. The van der Waals surface area contributed by atoms with Crippen LogP contribution in [0.25, 0.3) is 0 Å². The van der Waals surface area contributed by atoms with E-state index in [2.05, 4.69) is 23.3 Å². The van der Waals surface area contributed by atoms with Crippen molar-refractivity contribution in [1.29, 1.82) is 5.26 Å². The summed E-state index contributed by atoms with van der Waals surface area (Å²) in [5.41, 5.74) is 0.584. The van der Waals surface area contributed by atoms with E-state index in [1.165, 1.54) is 0 Å². The first kappa shape index (κ1) is 11.9. The van der Waals surface area contributed by atoms with Crippen LogP contribution in [-0.2, 0) is 4.74 Å². The fourth-order valence-corrected chi connectivity index (χ4v) is 2.11. The first-order valence-corrected chi connectivity index (χ1v) is 6.07. The molecule has 4 heteroatoms. The van der Waals surface area contributed by atoms with E-state index in [-0.39, 0.29) is 6.10 Å². The van der Waals surface area contributed by atoms with Crippen LogP contribution in [0.15, 0.2) is 18.3 Å². The maximum atomic E-state index is 8.70. The summed E-state index contributed by atoms with van der Waals surface area (Å²) in [6.07, 6.45) is 5.14. The zero-order valence-corrected chi connectivity index (χ0v) is 10.0. The molecule has 1 aliphatic rings. The Morgan fingerprint density at radius 1 is 1.65 bits per heavy atom. The van der Waals surface area contributed by atoms with E-state index in [0.717, 1.165) is 31.7 Å². The maximum absolute atomic E-state index is 8.70. The molecule has 2 atom stereocenters.